The van der Waals surface area contributed by atoms with Crippen LogP contribution in [0.25, 0.3) is 11.0 Å². The summed E-state index contributed by atoms with van der Waals surface area (Å²) in [5, 5.41) is 45.8. The summed E-state index contributed by atoms with van der Waals surface area (Å²) >= 11 is 0. The second-order valence-corrected chi connectivity index (χ2v) is 4.33. The Hall–Kier alpha value is -1.67. The van der Waals surface area contributed by atoms with Crippen LogP contribution in [-0.2, 0) is 0 Å². The van der Waals surface area contributed by atoms with Crippen LogP contribution < -0.4 is 0 Å². The van der Waals surface area contributed by atoms with Crippen molar-refractivity contribution < 1.29 is 20.4 Å². The summed E-state index contributed by atoms with van der Waals surface area (Å²) in [6.45, 7) is 1.31. The number of fused-ring (bicyclic) bond motifs is 1. The van der Waals surface area contributed by atoms with Crippen LogP contribution in [0.1, 0.15) is 18.9 Å². The van der Waals surface area contributed by atoms with Gasteiger partial charge >= 0.3 is 0 Å². The van der Waals surface area contributed by atoms with Gasteiger partial charge in [-0.25, -0.2) is 4.98 Å². The van der Waals surface area contributed by atoms with E-state index in [0.717, 1.165) is 0 Å². The largest absolute Gasteiger partial charge is 0.391 e. The maximum atomic E-state index is 9.88. The second kappa shape index (κ2) is 5.54. The first kappa shape index (κ1) is 13.8. The minimum atomic E-state index is -1.59. The fraction of sp³-hybridized carbons (Fsp3) is 0.417. The van der Waals surface area contributed by atoms with E-state index < -0.39 is 24.4 Å². The number of para-hydroxylation sites is 1. The van der Waals surface area contributed by atoms with Crippen LogP contribution in [0.15, 0.2) is 24.3 Å². The van der Waals surface area contributed by atoms with E-state index in [9.17, 15) is 20.4 Å². The van der Waals surface area contributed by atoms with Crippen molar-refractivity contribution in [3.8, 4) is 0 Å². The Balaban J connectivity index is 2.28. The molecule has 7 heteroatoms. The molecule has 0 saturated heterocycles. The first-order valence-electron chi connectivity index (χ1n) is 5.82. The molecule has 2 aromatic rings. The van der Waals surface area contributed by atoms with Crippen LogP contribution in [0.2, 0.25) is 0 Å². The van der Waals surface area contributed by atoms with Crippen molar-refractivity contribution in [3.05, 3.63) is 30.1 Å². The molecule has 0 spiro atoms. The van der Waals surface area contributed by atoms with Gasteiger partial charge in [0.05, 0.1) is 11.6 Å². The van der Waals surface area contributed by atoms with Crippen molar-refractivity contribution in [2.45, 2.75) is 31.3 Å². The smallest absolute Gasteiger partial charge is 0.183 e. The SMILES string of the molecule is C[C@H](O)[C@@H](O)[C@@H](O)[C@@H](O)c1nnc2ccccc2n1. The summed E-state index contributed by atoms with van der Waals surface area (Å²) in [6.07, 6.45) is -5.80. The first-order valence-corrected chi connectivity index (χ1v) is 5.82. The van der Waals surface area contributed by atoms with E-state index in [-0.39, 0.29) is 5.82 Å². The van der Waals surface area contributed by atoms with Crippen molar-refractivity contribution in [2.24, 2.45) is 0 Å². The Morgan fingerprint density at radius 1 is 0.895 bits per heavy atom. The standard InChI is InChI=1S/C12H15N3O4/c1-6(16)9(17)10(18)11(19)12-13-7-4-2-3-5-8(7)14-15-12/h2-6,9-11,16-19H,1H3/t6-,9+,10+,11+/m0/s1. The molecule has 0 radical (unpaired) electrons. The van der Waals surface area contributed by atoms with Crippen LogP contribution in [0.4, 0.5) is 0 Å². The van der Waals surface area contributed by atoms with E-state index in [4.69, 9.17) is 0 Å². The lowest BCUT2D eigenvalue weighted by Crippen LogP contribution is -2.40. The van der Waals surface area contributed by atoms with Crippen molar-refractivity contribution >= 4 is 11.0 Å². The maximum absolute atomic E-state index is 9.88. The van der Waals surface area contributed by atoms with Gasteiger partial charge < -0.3 is 20.4 Å². The number of aliphatic hydroxyl groups is 4. The molecular formula is C12H15N3O4. The first-order chi connectivity index (χ1) is 9.00. The highest BCUT2D eigenvalue weighted by Crippen LogP contribution is 2.18. The van der Waals surface area contributed by atoms with E-state index in [2.05, 4.69) is 15.2 Å². The molecule has 4 atom stereocenters. The van der Waals surface area contributed by atoms with Crippen molar-refractivity contribution in [3.63, 3.8) is 0 Å². The predicted molar refractivity (Wildman–Crippen MR) is 66.0 cm³/mol. The zero-order valence-electron chi connectivity index (χ0n) is 10.2. The molecule has 0 aliphatic carbocycles. The molecule has 1 heterocycles. The van der Waals surface area contributed by atoms with Crippen molar-refractivity contribution in [2.75, 3.05) is 0 Å². The third kappa shape index (κ3) is 2.85. The summed E-state index contributed by atoms with van der Waals surface area (Å²) in [4.78, 5) is 4.06. The molecule has 102 valence electrons. The third-order valence-corrected chi connectivity index (χ3v) is 2.81. The summed E-state index contributed by atoms with van der Waals surface area (Å²) in [7, 11) is 0. The molecule has 2 rings (SSSR count). The van der Waals surface area contributed by atoms with Gasteiger partial charge in [-0.05, 0) is 19.1 Å². The van der Waals surface area contributed by atoms with Crippen LogP contribution in [-0.4, -0.2) is 53.9 Å². The van der Waals surface area contributed by atoms with E-state index in [1.165, 1.54) is 6.92 Å². The number of hydrogen-bond acceptors (Lipinski definition) is 7. The molecule has 1 aromatic carbocycles. The normalized spacial score (nSPS) is 17.9. The Labute approximate surface area is 109 Å². The minimum absolute atomic E-state index is 0.106. The maximum Gasteiger partial charge on any atom is 0.183 e. The van der Waals surface area contributed by atoms with Gasteiger partial charge in [0.1, 0.15) is 23.8 Å². The van der Waals surface area contributed by atoms with Crippen molar-refractivity contribution in [1.82, 2.24) is 15.2 Å². The lowest BCUT2D eigenvalue weighted by molar-refractivity contribution is -0.103. The van der Waals surface area contributed by atoms with Gasteiger partial charge in [-0.3, -0.25) is 0 Å². The molecule has 0 unspecified atom stereocenters. The molecule has 0 aliphatic rings. The summed E-state index contributed by atoms with van der Waals surface area (Å²) in [5.74, 6) is -0.106. The third-order valence-electron chi connectivity index (χ3n) is 2.81. The van der Waals surface area contributed by atoms with E-state index in [1.54, 1.807) is 24.3 Å². The van der Waals surface area contributed by atoms with Crippen molar-refractivity contribution in [1.29, 1.82) is 0 Å². The highest BCUT2D eigenvalue weighted by Gasteiger charge is 2.31. The highest BCUT2D eigenvalue weighted by atomic mass is 16.4. The van der Waals surface area contributed by atoms with E-state index in [0.29, 0.717) is 11.0 Å². The molecule has 19 heavy (non-hydrogen) atoms. The number of aliphatic hydroxyl groups excluding tert-OH is 4. The molecule has 0 fully saturated rings. The Morgan fingerprint density at radius 2 is 1.53 bits per heavy atom. The average molecular weight is 265 g/mol. The van der Waals surface area contributed by atoms with Gasteiger partial charge in [0, 0.05) is 0 Å². The van der Waals surface area contributed by atoms with Gasteiger partial charge in [-0.1, -0.05) is 12.1 Å². The zero-order chi connectivity index (χ0) is 14.0. The van der Waals surface area contributed by atoms with Crippen LogP contribution in [0.3, 0.4) is 0 Å². The fourth-order valence-electron chi connectivity index (χ4n) is 1.64. The van der Waals surface area contributed by atoms with Gasteiger partial charge in [0.2, 0.25) is 0 Å². The quantitative estimate of drug-likeness (QED) is 0.569. The number of benzene rings is 1. The van der Waals surface area contributed by atoms with Crippen LogP contribution >= 0.6 is 0 Å². The number of nitrogens with zero attached hydrogens (tertiary/aromatic N) is 3. The summed E-state index contributed by atoms with van der Waals surface area (Å²) < 4.78 is 0. The molecule has 0 aliphatic heterocycles. The number of hydrogen-bond donors (Lipinski definition) is 4. The summed E-state index contributed by atoms with van der Waals surface area (Å²) in [6, 6.07) is 6.94. The van der Waals surface area contributed by atoms with Gasteiger partial charge in [-0.15, -0.1) is 10.2 Å². The lowest BCUT2D eigenvalue weighted by Gasteiger charge is -2.23. The second-order valence-electron chi connectivity index (χ2n) is 4.33. The van der Waals surface area contributed by atoms with Gasteiger partial charge in [0.25, 0.3) is 0 Å². The Kier molecular flexibility index (Phi) is 4.01. The molecule has 4 N–H and O–H groups in total. The number of rotatable bonds is 4. The molecule has 0 saturated carbocycles. The lowest BCUT2D eigenvalue weighted by atomic mass is 10.0. The van der Waals surface area contributed by atoms with Crippen LogP contribution in [0.5, 0.6) is 0 Å². The minimum Gasteiger partial charge on any atom is -0.391 e. The fourth-order valence-corrected chi connectivity index (χ4v) is 1.64. The topological polar surface area (TPSA) is 120 Å². The van der Waals surface area contributed by atoms with Crippen LogP contribution in [0, 0.1) is 0 Å². The van der Waals surface area contributed by atoms with E-state index >= 15 is 0 Å². The Morgan fingerprint density at radius 3 is 2.16 bits per heavy atom. The van der Waals surface area contributed by atoms with E-state index in [1.807, 2.05) is 0 Å². The average Bonchev–Trinajstić information content (AvgIpc) is 2.44. The van der Waals surface area contributed by atoms with Gasteiger partial charge in [0.15, 0.2) is 5.82 Å². The summed E-state index contributed by atoms with van der Waals surface area (Å²) in [5.41, 5.74) is 1.08. The molecule has 7 nitrogen and oxygen atoms in total. The zero-order valence-corrected chi connectivity index (χ0v) is 10.2. The molecule has 1 aromatic heterocycles. The monoisotopic (exact) mass is 265 g/mol. The Bertz CT molecular complexity index is 563. The molecule has 0 bridgehead atoms. The molecule has 0 amide bonds. The molecular weight excluding hydrogens is 250 g/mol. The highest BCUT2D eigenvalue weighted by molar-refractivity contribution is 5.72. The number of aromatic nitrogens is 3. The predicted octanol–water partition coefficient (Wildman–Crippen LogP) is -0.839. The van der Waals surface area contributed by atoms with Gasteiger partial charge in [-0.2, -0.15) is 0 Å².